The van der Waals surface area contributed by atoms with Crippen molar-refractivity contribution in [1.82, 2.24) is 10.3 Å². The number of rotatable bonds is 9. The summed E-state index contributed by atoms with van der Waals surface area (Å²) in [7, 11) is 1.57. The van der Waals surface area contributed by atoms with E-state index in [1.54, 1.807) is 37.4 Å². The zero-order valence-corrected chi connectivity index (χ0v) is 16.0. The molecule has 29 heavy (non-hydrogen) atoms. The van der Waals surface area contributed by atoms with Crippen LogP contribution in [-0.4, -0.2) is 24.5 Å². The molecule has 0 unspecified atom stereocenters. The fourth-order valence-electron chi connectivity index (χ4n) is 2.72. The maximum Gasteiger partial charge on any atom is 0.250 e. The zero-order chi connectivity index (χ0) is 20.6. The maximum atomic E-state index is 12.9. The van der Waals surface area contributed by atoms with Gasteiger partial charge in [0, 0.05) is 18.8 Å². The number of nitrogens with zero attached hydrogens (tertiary/aromatic N) is 1. The third-order valence-corrected chi connectivity index (χ3v) is 4.30. The highest BCUT2D eigenvalue weighted by molar-refractivity contribution is 5.92. The largest absolute Gasteiger partial charge is 0.493 e. The van der Waals surface area contributed by atoms with Crippen molar-refractivity contribution in [2.24, 2.45) is 5.73 Å². The number of nitrogens with one attached hydrogen (secondary N) is 1. The number of aromatic nitrogens is 1. The molecular formula is C22H22FN3O3. The smallest absolute Gasteiger partial charge is 0.250 e. The van der Waals surface area contributed by atoms with Crippen molar-refractivity contribution >= 4 is 5.91 Å². The summed E-state index contributed by atoms with van der Waals surface area (Å²) in [6, 6.07) is 15.3. The van der Waals surface area contributed by atoms with Crippen LogP contribution in [0.5, 0.6) is 17.4 Å². The molecular weight excluding hydrogens is 373 g/mol. The molecule has 0 atom stereocenters. The van der Waals surface area contributed by atoms with Gasteiger partial charge in [-0.1, -0.05) is 18.2 Å². The topological polar surface area (TPSA) is 86.5 Å². The Hall–Kier alpha value is -3.45. The van der Waals surface area contributed by atoms with Gasteiger partial charge in [0.2, 0.25) is 11.8 Å². The predicted octanol–water partition coefficient (Wildman–Crippen LogP) is 3.45. The minimum Gasteiger partial charge on any atom is -0.493 e. The lowest BCUT2D eigenvalue weighted by Crippen LogP contribution is -2.16. The van der Waals surface area contributed by atoms with Gasteiger partial charge in [0.25, 0.3) is 0 Å². The van der Waals surface area contributed by atoms with Crippen molar-refractivity contribution in [3.8, 4) is 17.4 Å². The van der Waals surface area contributed by atoms with Crippen LogP contribution in [-0.2, 0) is 13.0 Å². The van der Waals surface area contributed by atoms with Crippen molar-refractivity contribution < 1.29 is 18.7 Å². The second-order valence-corrected chi connectivity index (χ2v) is 6.39. The lowest BCUT2D eigenvalue weighted by atomic mass is 10.1. The third kappa shape index (κ3) is 5.76. The number of carbonyl (C=O) groups is 1. The van der Waals surface area contributed by atoms with Crippen LogP contribution < -0.4 is 20.5 Å². The Bertz CT molecular complexity index is 960. The van der Waals surface area contributed by atoms with Gasteiger partial charge in [0.05, 0.1) is 12.7 Å². The summed E-state index contributed by atoms with van der Waals surface area (Å²) in [5, 5.41) is 3.36. The standard InChI is InChI=1S/C22H22FN3O3/c1-28-20-12-16(13-25-11-10-15-2-6-18(23)7-3-15)4-8-19(20)29-21-9-5-17(14-26-21)22(24)27/h2-9,12,14,25H,10-11,13H2,1H3,(H2,24,27). The second kappa shape index (κ2) is 9.66. The van der Waals surface area contributed by atoms with Crippen molar-refractivity contribution in [3.63, 3.8) is 0 Å². The van der Waals surface area contributed by atoms with Gasteiger partial charge >= 0.3 is 0 Å². The van der Waals surface area contributed by atoms with Crippen molar-refractivity contribution in [3.05, 3.63) is 83.3 Å². The van der Waals surface area contributed by atoms with Gasteiger partial charge in [-0.2, -0.15) is 0 Å². The number of carbonyl (C=O) groups excluding carboxylic acids is 1. The summed E-state index contributed by atoms with van der Waals surface area (Å²) < 4.78 is 24.1. The highest BCUT2D eigenvalue weighted by atomic mass is 19.1. The van der Waals surface area contributed by atoms with Crippen LogP contribution >= 0.6 is 0 Å². The number of hydrogen-bond donors (Lipinski definition) is 2. The van der Waals surface area contributed by atoms with Gasteiger partial charge in [-0.05, 0) is 54.4 Å². The highest BCUT2D eigenvalue weighted by Gasteiger charge is 2.09. The Morgan fingerprint density at radius 3 is 2.48 bits per heavy atom. The Morgan fingerprint density at radius 2 is 1.83 bits per heavy atom. The van der Waals surface area contributed by atoms with Crippen LogP contribution in [0.3, 0.4) is 0 Å². The van der Waals surface area contributed by atoms with Crippen LogP contribution in [0.15, 0.2) is 60.8 Å². The minimum absolute atomic E-state index is 0.227. The minimum atomic E-state index is -0.544. The first-order valence-electron chi connectivity index (χ1n) is 9.11. The Morgan fingerprint density at radius 1 is 1.07 bits per heavy atom. The molecule has 2 aromatic carbocycles. The quantitative estimate of drug-likeness (QED) is 0.542. The Kier molecular flexibility index (Phi) is 6.76. The number of ether oxygens (including phenoxy) is 2. The molecule has 0 bridgehead atoms. The molecule has 0 fully saturated rings. The van der Waals surface area contributed by atoms with Gasteiger partial charge in [-0.25, -0.2) is 9.37 Å². The summed E-state index contributed by atoms with van der Waals surface area (Å²) in [5.74, 6) is 0.650. The van der Waals surface area contributed by atoms with Crippen LogP contribution in [0.4, 0.5) is 4.39 Å². The van der Waals surface area contributed by atoms with E-state index in [1.807, 2.05) is 12.1 Å². The van der Waals surface area contributed by atoms with Crippen molar-refractivity contribution in [2.45, 2.75) is 13.0 Å². The second-order valence-electron chi connectivity index (χ2n) is 6.39. The van der Waals surface area contributed by atoms with Crippen molar-refractivity contribution in [2.75, 3.05) is 13.7 Å². The maximum absolute atomic E-state index is 12.9. The van der Waals surface area contributed by atoms with E-state index in [4.69, 9.17) is 15.2 Å². The first-order chi connectivity index (χ1) is 14.0. The van der Waals surface area contributed by atoms with E-state index in [2.05, 4.69) is 10.3 Å². The third-order valence-electron chi connectivity index (χ3n) is 4.30. The SMILES string of the molecule is COc1cc(CNCCc2ccc(F)cc2)ccc1Oc1ccc(C(N)=O)cn1. The summed E-state index contributed by atoms with van der Waals surface area (Å²) in [6.45, 7) is 1.42. The summed E-state index contributed by atoms with van der Waals surface area (Å²) in [4.78, 5) is 15.2. The molecule has 7 heteroatoms. The summed E-state index contributed by atoms with van der Waals surface area (Å²) >= 11 is 0. The normalized spacial score (nSPS) is 10.6. The molecule has 0 saturated heterocycles. The molecule has 1 amide bonds. The fourth-order valence-corrected chi connectivity index (χ4v) is 2.72. The number of benzene rings is 2. The summed E-state index contributed by atoms with van der Waals surface area (Å²) in [5.41, 5.74) is 7.63. The molecule has 0 radical (unpaired) electrons. The molecule has 6 nitrogen and oxygen atoms in total. The molecule has 3 aromatic rings. The number of amides is 1. The van der Waals surface area contributed by atoms with E-state index in [9.17, 15) is 9.18 Å². The van der Waals surface area contributed by atoms with Gasteiger partial charge < -0.3 is 20.5 Å². The molecule has 150 valence electrons. The van der Waals surface area contributed by atoms with E-state index in [0.29, 0.717) is 29.5 Å². The number of primary amides is 1. The molecule has 1 aromatic heterocycles. The van der Waals surface area contributed by atoms with Crippen LogP contribution in [0.1, 0.15) is 21.5 Å². The predicted molar refractivity (Wildman–Crippen MR) is 108 cm³/mol. The lowest BCUT2D eigenvalue weighted by molar-refractivity contribution is 0.1000. The Labute approximate surface area is 168 Å². The molecule has 0 aliphatic carbocycles. The molecule has 1 heterocycles. The van der Waals surface area contributed by atoms with E-state index in [-0.39, 0.29) is 5.82 Å². The van der Waals surface area contributed by atoms with E-state index in [0.717, 1.165) is 24.1 Å². The van der Waals surface area contributed by atoms with E-state index < -0.39 is 5.91 Å². The van der Waals surface area contributed by atoms with Crippen LogP contribution in [0.25, 0.3) is 0 Å². The summed E-state index contributed by atoms with van der Waals surface area (Å²) in [6.07, 6.45) is 2.18. The first kappa shape index (κ1) is 20.3. The van der Waals surface area contributed by atoms with Crippen molar-refractivity contribution in [1.29, 1.82) is 0 Å². The Balaban J connectivity index is 1.56. The van der Waals surface area contributed by atoms with Gasteiger partial charge in [0.1, 0.15) is 5.82 Å². The fraction of sp³-hybridized carbons (Fsp3) is 0.182. The molecule has 0 aliphatic heterocycles. The van der Waals surface area contributed by atoms with Crippen LogP contribution in [0.2, 0.25) is 0 Å². The average molecular weight is 395 g/mol. The highest BCUT2D eigenvalue weighted by Crippen LogP contribution is 2.31. The molecule has 0 aliphatic rings. The lowest BCUT2D eigenvalue weighted by Gasteiger charge is -2.12. The number of halogens is 1. The van der Waals surface area contributed by atoms with Gasteiger partial charge in [0.15, 0.2) is 11.5 Å². The molecule has 3 rings (SSSR count). The first-order valence-corrected chi connectivity index (χ1v) is 9.11. The number of nitrogens with two attached hydrogens (primary N) is 1. The average Bonchev–Trinajstić information content (AvgIpc) is 2.73. The van der Waals surface area contributed by atoms with E-state index in [1.165, 1.54) is 18.3 Å². The monoisotopic (exact) mass is 395 g/mol. The zero-order valence-electron chi connectivity index (χ0n) is 16.0. The van der Waals surface area contributed by atoms with Crippen LogP contribution in [0, 0.1) is 5.82 Å². The molecule has 3 N–H and O–H groups in total. The van der Waals surface area contributed by atoms with Gasteiger partial charge in [-0.15, -0.1) is 0 Å². The molecule has 0 saturated carbocycles. The van der Waals surface area contributed by atoms with Gasteiger partial charge in [-0.3, -0.25) is 4.79 Å². The van der Waals surface area contributed by atoms with E-state index >= 15 is 0 Å². The number of methoxy groups -OCH3 is 1. The number of hydrogen-bond acceptors (Lipinski definition) is 5. The molecule has 0 spiro atoms. The number of pyridine rings is 1.